The van der Waals surface area contributed by atoms with Gasteiger partial charge >= 0.3 is 0 Å². The average molecular weight is 417 g/mol. The Morgan fingerprint density at radius 2 is 1.96 bits per heavy atom. The first-order valence-electron chi connectivity index (χ1n) is 9.30. The standard InChI is InChI=1S/C19H18Cl2N6O/c20-13-7-15(22-8-14(13)21)19(28)24-12-5-6-26(10-12)18-4-3-17-23-9-16(11-1-2-11)27(17)25-18/h3-4,7-9,11-12H,1-2,5-6,10H2,(H,24,28)/t12-/m0/s1. The van der Waals surface area contributed by atoms with Crippen molar-refractivity contribution in [3.05, 3.63) is 52.0 Å². The van der Waals surface area contributed by atoms with Crippen LogP contribution in [0, 0.1) is 0 Å². The maximum Gasteiger partial charge on any atom is 0.270 e. The van der Waals surface area contributed by atoms with Crippen LogP contribution < -0.4 is 10.2 Å². The van der Waals surface area contributed by atoms with Gasteiger partial charge in [0.2, 0.25) is 0 Å². The Labute approximate surface area is 171 Å². The number of imidazole rings is 1. The van der Waals surface area contributed by atoms with E-state index in [1.807, 2.05) is 22.8 Å². The van der Waals surface area contributed by atoms with Crippen molar-refractivity contribution in [3.63, 3.8) is 0 Å². The molecule has 1 N–H and O–H groups in total. The van der Waals surface area contributed by atoms with Crippen LogP contribution in [0.15, 0.2) is 30.6 Å². The number of carbonyl (C=O) groups is 1. The second-order valence-electron chi connectivity index (χ2n) is 7.31. The predicted octanol–water partition coefficient (Wildman–Crippen LogP) is 3.32. The molecule has 3 aromatic heterocycles. The Hall–Kier alpha value is -2.38. The van der Waals surface area contributed by atoms with Crippen molar-refractivity contribution in [2.45, 2.75) is 31.2 Å². The quantitative estimate of drug-likeness (QED) is 0.705. The van der Waals surface area contributed by atoms with Gasteiger partial charge in [0.15, 0.2) is 5.65 Å². The van der Waals surface area contributed by atoms with E-state index in [2.05, 4.69) is 20.2 Å². The van der Waals surface area contributed by atoms with Crippen LogP contribution in [0.25, 0.3) is 5.65 Å². The van der Waals surface area contributed by atoms with E-state index in [9.17, 15) is 4.79 Å². The lowest BCUT2D eigenvalue weighted by molar-refractivity contribution is 0.0935. The minimum atomic E-state index is -0.251. The maximum absolute atomic E-state index is 12.5. The van der Waals surface area contributed by atoms with Crippen molar-refractivity contribution >= 4 is 40.6 Å². The predicted molar refractivity (Wildman–Crippen MR) is 107 cm³/mol. The molecule has 144 valence electrons. The van der Waals surface area contributed by atoms with Gasteiger partial charge in [-0.2, -0.15) is 0 Å². The molecule has 0 bridgehead atoms. The molecule has 1 amide bonds. The van der Waals surface area contributed by atoms with E-state index in [-0.39, 0.29) is 17.6 Å². The number of aromatic nitrogens is 4. The molecule has 0 aromatic carbocycles. The summed E-state index contributed by atoms with van der Waals surface area (Å²) in [6.45, 7) is 1.52. The Balaban J connectivity index is 1.29. The van der Waals surface area contributed by atoms with Gasteiger partial charge in [-0.3, -0.25) is 4.79 Å². The normalized spacial score (nSPS) is 19.4. The van der Waals surface area contributed by atoms with Gasteiger partial charge in [-0.25, -0.2) is 14.5 Å². The molecule has 0 unspecified atom stereocenters. The van der Waals surface area contributed by atoms with Gasteiger partial charge in [-0.15, -0.1) is 5.10 Å². The second-order valence-corrected chi connectivity index (χ2v) is 8.12. The third-order valence-corrected chi connectivity index (χ3v) is 5.97. The Morgan fingerprint density at radius 1 is 1.11 bits per heavy atom. The van der Waals surface area contributed by atoms with Gasteiger partial charge in [0.25, 0.3) is 5.91 Å². The SMILES string of the molecule is O=C(N[C@H]1CCN(c2ccc3ncc(C4CC4)n3n2)C1)c1cc(Cl)c(Cl)cn1. The summed E-state index contributed by atoms with van der Waals surface area (Å²) in [5.74, 6) is 1.23. The first-order valence-corrected chi connectivity index (χ1v) is 10.1. The van der Waals surface area contributed by atoms with Gasteiger partial charge in [-0.1, -0.05) is 23.2 Å². The van der Waals surface area contributed by atoms with E-state index < -0.39 is 0 Å². The minimum absolute atomic E-state index is 0.0203. The number of carbonyl (C=O) groups excluding carboxylic acids is 1. The van der Waals surface area contributed by atoms with E-state index in [0.29, 0.717) is 22.5 Å². The number of fused-ring (bicyclic) bond motifs is 1. The monoisotopic (exact) mass is 416 g/mol. The van der Waals surface area contributed by atoms with Gasteiger partial charge in [-0.05, 0) is 37.5 Å². The molecule has 2 aliphatic rings. The average Bonchev–Trinajstić information content (AvgIpc) is 3.28. The Bertz CT molecular complexity index is 1060. The number of amides is 1. The highest BCUT2D eigenvalue weighted by Gasteiger charge is 2.29. The molecule has 9 heteroatoms. The number of anilines is 1. The van der Waals surface area contributed by atoms with Crippen LogP contribution in [-0.4, -0.2) is 44.6 Å². The van der Waals surface area contributed by atoms with Gasteiger partial charge in [0, 0.05) is 31.2 Å². The van der Waals surface area contributed by atoms with Crippen LogP contribution in [0.2, 0.25) is 10.0 Å². The molecule has 28 heavy (non-hydrogen) atoms. The zero-order valence-electron chi connectivity index (χ0n) is 15.0. The van der Waals surface area contributed by atoms with E-state index in [1.54, 1.807) is 0 Å². The Morgan fingerprint density at radius 3 is 2.75 bits per heavy atom. The lowest BCUT2D eigenvalue weighted by Gasteiger charge is -2.18. The maximum atomic E-state index is 12.5. The highest BCUT2D eigenvalue weighted by molar-refractivity contribution is 6.42. The number of halogens is 2. The van der Waals surface area contributed by atoms with Crippen LogP contribution >= 0.6 is 23.2 Å². The summed E-state index contributed by atoms with van der Waals surface area (Å²) in [6.07, 6.45) is 6.58. The highest BCUT2D eigenvalue weighted by Crippen LogP contribution is 2.40. The zero-order chi connectivity index (χ0) is 19.3. The molecule has 1 saturated carbocycles. The molecule has 0 spiro atoms. The molecule has 5 rings (SSSR count). The van der Waals surface area contributed by atoms with Crippen LogP contribution in [-0.2, 0) is 0 Å². The third kappa shape index (κ3) is 3.29. The van der Waals surface area contributed by atoms with Crippen molar-refractivity contribution in [1.29, 1.82) is 0 Å². The van der Waals surface area contributed by atoms with Crippen molar-refractivity contribution in [1.82, 2.24) is 24.9 Å². The molecule has 1 aliphatic heterocycles. The van der Waals surface area contributed by atoms with Crippen LogP contribution in [0.3, 0.4) is 0 Å². The summed E-state index contributed by atoms with van der Waals surface area (Å²) in [6, 6.07) is 5.50. The lowest BCUT2D eigenvalue weighted by atomic mass is 10.2. The first kappa shape index (κ1) is 17.7. The smallest absolute Gasteiger partial charge is 0.270 e. The second kappa shape index (κ2) is 6.90. The fourth-order valence-electron chi connectivity index (χ4n) is 3.59. The summed E-state index contributed by atoms with van der Waals surface area (Å²) in [5, 5.41) is 8.47. The van der Waals surface area contributed by atoms with Crippen molar-refractivity contribution < 1.29 is 4.79 Å². The van der Waals surface area contributed by atoms with E-state index in [0.717, 1.165) is 24.4 Å². The topological polar surface area (TPSA) is 75.4 Å². The van der Waals surface area contributed by atoms with Gasteiger partial charge < -0.3 is 10.2 Å². The van der Waals surface area contributed by atoms with Crippen molar-refractivity contribution in [2.24, 2.45) is 0 Å². The van der Waals surface area contributed by atoms with E-state index in [4.69, 9.17) is 28.3 Å². The largest absolute Gasteiger partial charge is 0.353 e. The fourth-order valence-corrected chi connectivity index (χ4v) is 3.85. The molecular formula is C19H18Cl2N6O. The van der Waals surface area contributed by atoms with E-state index in [1.165, 1.54) is 30.8 Å². The van der Waals surface area contributed by atoms with Crippen molar-refractivity contribution in [3.8, 4) is 0 Å². The molecule has 1 aliphatic carbocycles. The lowest BCUT2D eigenvalue weighted by Crippen LogP contribution is -2.37. The summed E-state index contributed by atoms with van der Waals surface area (Å²) in [5.41, 5.74) is 2.33. The summed E-state index contributed by atoms with van der Waals surface area (Å²) in [4.78, 5) is 23.1. The minimum Gasteiger partial charge on any atom is -0.353 e. The third-order valence-electron chi connectivity index (χ3n) is 5.26. The van der Waals surface area contributed by atoms with Crippen molar-refractivity contribution in [2.75, 3.05) is 18.0 Å². The molecule has 3 aromatic rings. The number of nitrogens with one attached hydrogen (secondary N) is 1. The fraction of sp³-hybridized carbons (Fsp3) is 0.368. The summed E-state index contributed by atoms with van der Waals surface area (Å²) < 4.78 is 1.96. The first-order chi connectivity index (χ1) is 13.6. The number of pyridine rings is 1. The molecule has 2 fully saturated rings. The number of hydrogen-bond donors (Lipinski definition) is 1. The van der Waals surface area contributed by atoms with Gasteiger partial charge in [0.05, 0.1) is 21.9 Å². The molecule has 1 atom stereocenters. The zero-order valence-corrected chi connectivity index (χ0v) is 16.5. The number of nitrogens with zero attached hydrogens (tertiary/aromatic N) is 5. The molecule has 1 saturated heterocycles. The van der Waals surface area contributed by atoms with Crippen LogP contribution in [0.1, 0.15) is 41.4 Å². The highest BCUT2D eigenvalue weighted by atomic mass is 35.5. The molecule has 4 heterocycles. The number of hydrogen-bond acceptors (Lipinski definition) is 5. The van der Waals surface area contributed by atoms with E-state index >= 15 is 0 Å². The van der Waals surface area contributed by atoms with Gasteiger partial charge in [0.1, 0.15) is 11.5 Å². The molecular weight excluding hydrogens is 399 g/mol. The van der Waals surface area contributed by atoms with Crippen LogP contribution in [0.5, 0.6) is 0 Å². The summed E-state index contributed by atoms with van der Waals surface area (Å²) >= 11 is 11.8. The number of rotatable bonds is 4. The molecule has 0 radical (unpaired) electrons. The molecule has 7 nitrogen and oxygen atoms in total. The van der Waals surface area contributed by atoms with Crippen LogP contribution in [0.4, 0.5) is 5.82 Å². The summed E-state index contributed by atoms with van der Waals surface area (Å²) in [7, 11) is 0. The Kier molecular flexibility index (Phi) is 4.36.